The topological polar surface area (TPSA) is 24.5 Å². The highest BCUT2D eigenvalue weighted by molar-refractivity contribution is 4.89. The fraction of sp³-hybridized carbons (Fsp3) is 1.00. The third-order valence-electron chi connectivity index (χ3n) is 5.65. The van der Waals surface area contributed by atoms with E-state index in [1.165, 1.54) is 77.5 Å². The zero-order chi connectivity index (χ0) is 15.0. The summed E-state index contributed by atoms with van der Waals surface area (Å²) in [6, 6.07) is 0. The molecule has 21 heavy (non-hydrogen) atoms. The van der Waals surface area contributed by atoms with E-state index in [-0.39, 0.29) is 0 Å². The summed E-state index contributed by atoms with van der Waals surface area (Å²) >= 11 is 0. The minimum absolute atomic E-state index is 0.521. The summed E-state index contributed by atoms with van der Waals surface area (Å²) in [7, 11) is 1.79. The Bertz CT molecular complexity index is 274. The Labute approximate surface area is 131 Å². The van der Waals surface area contributed by atoms with Crippen LogP contribution in [-0.4, -0.2) is 51.3 Å². The number of nitrogens with one attached hydrogen (secondary N) is 1. The van der Waals surface area contributed by atoms with E-state index in [4.69, 9.17) is 4.74 Å². The van der Waals surface area contributed by atoms with Crippen LogP contribution in [-0.2, 0) is 4.74 Å². The number of rotatable bonds is 8. The van der Waals surface area contributed by atoms with Crippen molar-refractivity contribution >= 4 is 0 Å². The molecule has 0 spiro atoms. The summed E-state index contributed by atoms with van der Waals surface area (Å²) in [4.78, 5) is 2.76. The van der Waals surface area contributed by atoms with Crippen molar-refractivity contribution in [3.05, 3.63) is 0 Å². The smallest absolute Gasteiger partial charge is 0.0587 e. The van der Waals surface area contributed by atoms with E-state index in [9.17, 15) is 0 Å². The molecule has 1 saturated carbocycles. The van der Waals surface area contributed by atoms with Crippen LogP contribution >= 0.6 is 0 Å². The first-order valence-corrected chi connectivity index (χ1v) is 9.20. The molecule has 3 nitrogen and oxygen atoms in total. The lowest BCUT2D eigenvalue weighted by molar-refractivity contribution is 0.135. The highest BCUT2D eigenvalue weighted by Gasteiger charge is 2.34. The Morgan fingerprint density at radius 2 is 1.95 bits per heavy atom. The molecule has 1 saturated heterocycles. The molecular formula is C18H36N2O. The molecule has 0 radical (unpaired) electrons. The molecule has 124 valence electrons. The van der Waals surface area contributed by atoms with Crippen LogP contribution in [0.4, 0.5) is 0 Å². The Morgan fingerprint density at radius 3 is 2.57 bits per heavy atom. The van der Waals surface area contributed by atoms with Gasteiger partial charge in [-0.15, -0.1) is 0 Å². The molecule has 1 heterocycles. The molecular weight excluding hydrogens is 260 g/mol. The predicted molar refractivity (Wildman–Crippen MR) is 89.7 cm³/mol. The number of likely N-dealkylation sites (tertiary alicyclic amines) is 1. The lowest BCUT2D eigenvalue weighted by atomic mass is 9.79. The molecule has 2 fully saturated rings. The van der Waals surface area contributed by atoms with E-state index in [1.807, 2.05) is 0 Å². The third-order valence-corrected chi connectivity index (χ3v) is 5.65. The van der Waals surface area contributed by atoms with Crippen LogP contribution in [0.15, 0.2) is 0 Å². The highest BCUT2D eigenvalue weighted by atomic mass is 16.5. The van der Waals surface area contributed by atoms with Crippen molar-refractivity contribution in [2.75, 3.05) is 46.4 Å². The SMILES string of the molecule is CCC1CCN(CC2(CNCCOC)CCCCCC2)C1. The van der Waals surface area contributed by atoms with Gasteiger partial charge < -0.3 is 15.0 Å². The Morgan fingerprint density at radius 1 is 1.19 bits per heavy atom. The van der Waals surface area contributed by atoms with Gasteiger partial charge in [-0.05, 0) is 37.1 Å². The maximum absolute atomic E-state index is 5.18. The van der Waals surface area contributed by atoms with Crippen LogP contribution in [0.1, 0.15) is 58.3 Å². The quantitative estimate of drug-likeness (QED) is 0.549. The average Bonchev–Trinajstić information content (AvgIpc) is 2.82. The van der Waals surface area contributed by atoms with Gasteiger partial charge >= 0.3 is 0 Å². The van der Waals surface area contributed by atoms with E-state index >= 15 is 0 Å². The first-order chi connectivity index (χ1) is 10.3. The molecule has 0 aromatic heterocycles. The average molecular weight is 296 g/mol. The summed E-state index contributed by atoms with van der Waals surface area (Å²) < 4.78 is 5.18. The standard InChI is InChI=1S/C18H36N2O/c1-3-17-8-12-20(14-17)16-18(15-19-11-13-21-2)9-6-4-5-7-10-18/h17,19H,3-16H2,1-2H3. The van der Waals surface area contributed by atoms with Crippen molar-refractivity contribution in [3.63, 3.8) is 0 Å². The van der Waals surface area contributed by atoms with Gasteiger partial charge in [-0.3, -0.25) is 0 Å². The van der Waals surface area contributed by atoms with Crippen LogP contribution in [0.2, 0.25) is 0 Å². The van der Waals surface area contributed by atoms with Crippen molar-refractivity contribution in [2.45, 2.75) is 58.3 Å². The number of methoxy groups -OCH3 is 1. The van der Waals surface area contributed by atoms with Gasteiger partial charge in [0.25, 0.3) is 0 Å². The molecule has 2 rings (SSSR count). The second kappa shape index (κ2) is 9.12. The summed E-state index contributed by atoms with van der Waals surface area (Å²) in [5.74, 6) is 0.953. The Hall–Kier alpha value is -0.120. The van der Waals surface area contributed by atoms with Gasteiger partial charge in [-0.25, -0.2) is 0 Å². The predicted octanol–water partition coefficient (Wildman–Crippen LogP) is 3.29. The lowest BCUT2D eigenvalue weighted by Gasteiger charge is -2.37. The van der Waals surface area contributed by atoms with Crippen LogP contribution in [0.25, 0.3) is 0 Å². The van der Waals surface area contributed by atoms with Crippen molar-refractivity contribution in [1.29, 1.82) is 0 Å². The van der Waals surface area contributed by atoms with Crippen molar-refractivity contribution in [1.82, 2.24) is 10.2 Å². The fourth-order valence-corrected chi connectivity index (χ4v) is 4.26. The molecule has 0 aromatic rings. The van der Waals surface area contributed by atoms with E-state index in [0.717, 1.165) is 19.1 Å². The largest absolute Gasteiger partial charge is 0.383 e. The maximum Gasteiger partial charge on any atom is 0.0587 e. The number of ether oxygens (including phenoxy) is 1. The third kappa shape index (κ3) is 5.54. The molecule has 1 atom stereocenters. The second-order valence-electron chi connectivity index (χ2n) is 7.38. The minimum Gasteiger partial charge on any atom is -0.383 e. The molecule has 1 N–H and O–H groups in total. The molecule has 1 aliphatic heterocycles. The van der Waals surface area contributed by atoms with Gasteiger partial charge in [-0.2, -0.15) is 0 Å². The molecule has 1 aliphatic carbocycles. The van der Waals surface area contributed by atoms with E-state index in [0.29, 0.717) is 5.41 Å². The minimum atomic E-state index is 0.521. The first kappa shape index (κ1) is 17.2. The molecule has 3 heteroatoms. The molecule has 0 bridgehead atoms. The van der Waals surface area contributed by atoms with Crippen LogP contribution in [0, 0.1) is 11.3 Å². The monoisotopic (exact) mass is 296 g/mol. The molecule has 1 unspecified atom stereocenters. The van der Waals surface area contributed by atoms with Crippen LogP contribution in [0.5, 0.6) is 0 Å². The summed E-state index contributed by atoms with van der Waals surface area (Å²) in [5, 5.41) is 3.67. The summed E-state index contributed by atoms with van der Waals surface area (Å²) in [6.07, 6.45) is 11.3. The van der Waals surface area contributed by atoms with Gasteiger partial charge in [-0.1, -0.05) is 39.0 Å². The number of hydrogen-bond acceptors (Lipinski definition) is 3. The van der Waals surface area contributed by atoms with Gasteiger partial charge in [0.1, 0.15) is 0 Å². The second-order valence-corrected chi connectivity index (χ2v) is 7.38. The van der Waals surface area contributed by atoms with Gasteiger partial charge in [0.2, 0.25) is 0 Å². The first-order valence-electron chi connectivity index (χ1n) is 9.20. The Kier molecular flexibility index (Phi) is 7.48. The van der Waals surface area contributed by atoms with E-state index in [1.54, 1.807) is 7.11 Å². The van der Waals surface area contributed by atoms with E-state index in [2.05, 4.69) is 17.1 Å². The molecule has 0 amide bonds. The zero-order valence-corrected chi connectivity index (χ0v) is 14.3. The number of hydrogen-bond donors (Lipinski definition) is 1. The van der Waals surface area contributed by atoms with Crippen molar-refractivity contribution in [3.8, 4) is 0 Å². The number of nitrogens with zero attached hydrogens (tertiary/aromatic N) is 1. The fourth-order valence-electron chi connectivity index (χ4n) is 4.26. The van der Waals surface area contributed by atoms with Crippen molar-refractivity contribution in [2.24, 2.45) is 11.3 Å². The van der Waals surface area contributed by atoms with Gasteiger partial charge in [0.15, 0.2) is 0 Å². The van der Waals surface area contributed by atoms with Gasteiger partial charge in [0, 0.05) is 33.3 Å². The van der Waals surface area contributed by atoms with E-state index < -0.39 is 0 Å². The normalized spacial score (nSPS) is 26.9. The van der Waals surface area contributed by atoms with Crippen molar-refractivity contribution < 1.29 is 4.74 Å². The summed E-state index contributed by atoms with van der Waals surface area (Å²) in [6.45, 7) is 9.36. The Balaban J connectivity index is 1.87. The molecule has 0 aromatic carbocycles. The zero-order valence-electron chi connectivity index (χ0n) is 14.3. The highest BCUT2D eigenvalue weighted by Crippen LogP contribution is 2.36. The molecule has 2 aliphatic rings. The maximum atomic E-state index is 5.18. The lowest BCUT2D eigenvalue weighted by Crippen LogP contribution is -2.44. The van der Waals surface area contributed by atoms with Crippen LogP contribution in [0.3, 0.4) is 0 Å². The van der Waals surface area contributed by atoms with Gasteiger partial charge in [0.05, 0.1) is 6.61 Å². The summed E-state index contributed by atoms with van der Waals surface area (Å²) in [5.41, 5.74) is 0.521. The van der Waals surface area contributed by atoms with Crippen LogP contribution < -0.4 is 5.32 Å².